The van der Waals surface area contributed by atoms with Crippen LogP contribution in [0.5, 0.6) is 6.01 Å². The van der Waals surface area contributed by atoms with Gasteiger partial charge in [-0.1, -0.05) is 5.21 Å². The van der Waals surface area contributed by atoms with E-state index in [1.165, 1.54) is 10.0 Å². The van der Waals surface area contributed by atoms with E-state index in [9.17, 15) is 0 Å². The molecule has 0 aliphatic carbocycles. The molecule has 0 aromatic carbocycles. The van der Waals surface area contributed by atoms with Crippen LogP contribution >= 0.6 is 22.9 Å². The Morgan fingerprint density at radius 3 is 2.92 bits per heavy atom. The molecule has 8 heteroatoms. The molecule has 0 unspecified atom stereocenters. The topological polar surface area (TPSA) is 91.7 Å². The van der Waals surface area contributed by atoms with Crippen LogP contribution in [-0.4, -0.2) is 30.3 Å². The summed E-state index contributed by atoms with van der Waals surface area (Å²) in [6.07, 6.45) is 0. The average molecular weight is 292 g/mol. The van der Waals surface area contributed by atoms with Crippen LogP contribution in [0.3, 0.4) is 0 Å². The zero-order valence-corrected chi connectivity index (χ0v) is 8.76. The highest BCUT2D eigenvalue weighted by atomic mass is 127. The van der Waals surface area contributed by atoms with Gasteiger partial charge in [0.1, 0.15) is 0 Å². The van der Waals surface area contributed by atoms with Crippen LogP contribution in [0.1, 0.15) is 0 Å². The number of anilines is 1. The molecule has 2 rings (SSSR count). The Hall–Kier alpha value is -1.19. The number of hydrogen-bond acceptors (Lipinski definition) is 6. The Kier molecular flexibility index (Phi) is 1.90. The fourth-order valence-electron chi connectivity index (χ4n) is 0.881. The van der Waals surface area contributed by atoms with E-state index in [4.69, 9.17) is 10.5 Å². The van der Waals surface area contributed by atoms with Crippen molar-refractivity contribution >= 4 is 39.8 Å². The van der Waals surface area contributed by atoms with Gasteiger partial charge in [0.2, 0.25) is 0 Å². The molecule has 0 aliphatic rings. The molecule has 0 radical (unpaired) electrons. The second-order valence-corrected chi connectivity index (χ2v) is 3.13. The molecule has 2 N–H and O–H groups in total. The molecule has 0 atom stereocenters. The van der Waals surface area contributed by atoms with Gasteiger partial charge in [-0.05, 0) is 0 Å². The van der Waals surface area contributed by atoms with Crippen molar-refractivity contribution in [2.24, 2.45) is 0 Å². The summed E-state index contributed by atoms with van der Waals surface area (Å²) in [5, 5.41) is 7.54. The van der Waals surface area contributed by atoms with E-state index in [1.807, 2.05) is 22.9 Å². The van der Waals surface area contributed by atoms with Gasteiger partial charge >= 0.3 is 6.01 Å². The van der Waals surface area contributed by atoms with Crippen molar-refractivity contribution in [2.45, 2.75) is 0 Å². The molecule has 68 valence electrons. The van der Waals surface area contributed by atoms with Gasteiger partial charge < -0.3 is 10.5 Å². The van der Waals surface area contributed by atoms with Crippen molar-refractivity contribution in [3.05, 3.63) is 0 Å². The smallest absolute Gasteiger partial charge is 0.320 e. The molecule has 7 nitrogen and oxygen atoms in total. The Morgan fingerprint density at radius 1 is 1.46 bits per heavy atom. The number of halogens is 1. The van der Waals surface area contributed by atoms with Gasteiger partial charge in [-0.15, -0.1) is 5.10 Å². The maximum atomic E-state index is 5.60. The van der Waals surface area contributed by atoms with Gasteiger partial charge in [0, 0.05) is 0 Å². The van der Waals surface area contributed by atoms with E-state index in [2.05, 4.69) is 20.3 Å². The predicted octanol–water partition coefficient (Wildman–Crippen LogP) is 0.0102. The first-order valence-corrected chi connectivity index (χ1v) is 4.28. The molecule has 2 aromatic heterocycles. The molecule has 2 aromatic rings. The predicted molar refractivity (Wildman–Crippen MR) is 53.5 cm³/mol. The minimum Gasteiger partial charge on any atom is -0.467 e. The van der Waals surface area contributed by atoms with E-state index >= 15 is 0 Å². The summed E-state index contributed by atoms with van der Waals surface area (Å²) in [4.78, 5) is 7.89. The van der Waals surface area contributed by atoms with Crippen molar-refractivity contribution in [3.63, 3.8) is 0 Å². The molecular weight excluding hydrogens is 287 g/mol. The lowest BCUT2D eigenvalue weighted by molar-refractivity contribution is 0.382. The standard InChI is InChI=1S/C5H5IN6O/c1-13-5-8-3(7)2-4(9-5)12(6)11-10-2/h1H3,(H2,7,8,9). The number of nitrogens with two attached hydrogens (primary N) is 1. The average Bonchev–Trinajstić information content (AvgIpc) is 2.48. The molecule has 13 heavy (non-hydrogen) atoms. The lowest BCUT2D eigenvalue weighted by Crippen LogP contribution is -1.98. The summed E-state index contributed by atoms with van der Waals surface area (Å²) in [6, 6.07) is 0.213. The second-order valence-electron chi connectivity index (χ2n) is 2.22. The third-order valence-corrected chi connectivity index (χ3v) is 2.10. The molecule has 0 aliphatic heterocycles. The molecule has 0 saturated heterocycles. The highest BCUT2D eigenvalue weighted by Crippen LogP contribution is 2.18. The largest absolute Gasteiger partial charge is 0.467 e. The molecular formula is C5H5IN6O. The van der Waals surface area contributed by atoms with Crippen molar-refractivity contribution in [1.29, 1.82) is 0 Å². The van der Waals surface area contributed by atoms with Crippen LogP contribution in [0, 0.1) is 0 Å². The Balaban J connectivity index is 2.80. The van der Waals surface area contributed by atoms with Gasteiger partial charge in [-0.3, -0.25) is 0 Å². The van der Waals surface area contributed by atoms with E-state index < -0.39 is 0 Å². The van der Waals surface area contributed by atoms with E-state index in [-0.39, 0.29) is 11.8 Å². The van der Waals surface area contributed by atoms with Crippen molar-refractivity contribution < 1.29 is 4.74 Å². The van der Waals surface area contributed by atoms with E-state index in [1.54, 1.807) is 0 Å². The van der Waals surface area contributed by atoms with Crippen molar-refractivity contribution in [3.8, 4) is 6.01 Å². The monoisotopic (exact) mass is 292 g/mol. The van der Waals surface area contributed by atoms with E-state index in [0.29, 0.717) is 11.2 Å². The molecule has 0 fully saturated rings. The Labute approximate surface area is 86.8 Å². The van der Waals surface area contributed by atoms with Gasteiger partial charge in [0.15, 0.2) is 17.0 Å². The van der Waals surface area contributed by atoms with Crippen LogP contribution in [-0.2, 0) is 0 Å². The first-order valence-electron chi connectivity index (χ1n) is 3.31. The van der Waals surface area contributed by atoms with Crippen LogP contribution in [0.25, 0.3) is 11.2 Å². The van der Waals surface area contributed by atoms with Crippen LogP contribution in [0.4, 0.5) is 5.82 Å². The number of hydrogen-bond donors (Lipinski definition) is 1. The normalized spacial score (nSPS) is 10.6. The fraction of sp³-hybridized carbons (Fsp3) is 0.200. The quantitative estimate of drug-likeness (QED) is 0.744. The zero-order chi connectivity index (χ0) is 9.42. The van der Waals surface area contributed by atoms with E-state index in [0.717, 1.165) is 0 Å². The molecule has 0 bridgehead atoms. The highest BCUT2D eigenvalue weighted by Gasteiger charge is 2.11. The number of nitrogen functional groups attached to an aromatic ring is 1. The van der Waals surface area contributed by atoms with Crippen LogP contribution in [0.15, 0.2) is 0 Å². The first kappa shape index (κ1) is 8.41. The number of rotatable bonds is 1. The number of ether oxygens (including phenoxy) is 1. The Morgan fingerprint density at radius 2 is 2.23 bits per heavy atom. The molecule has 0 spiro atoms. The van der Waals surface area contributed by atoms with Crippen LogP contribution < -0.4 is 10.5 Å². The fourth-order valence-corrected chi connectivity index (χ4v) is 1.31. The summed E-state index contributed by atoms with van der Waals surface area (Å²) < 4.78 is 6.33. The molecule has 2 heterocycles. The minimum atomic E-state index is 0.213. The third kappa shape index (κ3) is 1.26. The van der Waals surface area contributed by atoms with Gasteiger partial charge in [0.25, 0.3) is 0 Å². The molecule has 0 saturated carbocycles. The SMILES string of the molecule is COc1nc(N)c2nnn(I)c2n1. The lowest BCUT2D eigenvalue weighted by atomic mass is 10.5. The molecule has 0 amide bonds. The maximum Gasteiger partial charge on any atom is 0.320 e. The lowest BCUT2D eigenvalue weighted by Gasteiger charge is -1.98. The van der Waals surface area contributed by atoms with Crippen LogP contribution in [0.2, 0.25) is 0 Å². The Bertz CT molecular complexity index is 453. The van der Waals surface area contributed by atoms with Crippen molar-refractivity contribution in [1.82, 2.24) is 23.2 Å². The third-order valence-electron chi connectivity index (χ3n) is 1.45. The first-order chi connectivity index (χ1) is 6.22. The summed E-state index contributed by atoms with van der Waals surface area (Å²) in [5.41, 5.74) is 6.62. The van der Waals surface area contributed by atoms with Gasteiger partial charge in [-0.2, -0.15) is 12.9 Å². The number of nitrogens with zero attached hydrogens (tertiary/aromatic N) is 5. The van der Waals surface area contributed by atoms with Crippen molar-refractivity contribution in [2.75, 3.05) is 12.8 Å². The highest BCUT2D eigenvalue weighted by molar-refractivity contribution is 14.1. The maximum absolute atomic E-state index is 5.60. The summed E-state index contributed by atoms with van der Waals surface area (Å²) in [5.74, 6) is 0.268. The number of methoxy groups -OCH3 is 1. The summed E-state index contributed by atoms with van der Waals surface area (Å²) >= 11 is 1.94. The minimum absolute atomic E-state index is 0.213. The number of fused-ring (bicyclic) bond motifs is 1. The summed E-state index contributed by atoms with van der Waals surface area (Å²) in [6.45, 7) is 0. The van der Waals surface area contributed by atoms with Gasteiger partial charge in [0.05, 0.1) is 30.0 Å². The zero-order valence-electron chi connectivity index (χ0n) is 6.60. The summed E-state index contributed by atoms with van der Waals surface area (Å²) in [7, 11) is 1.47. The van der Waals surface area contributed by atoms with Gasteiger partial charge in [-0.25, -0.2) is 0 Å². The second kappa shape index (κ2) is 2.94. The number of aromatic nitrogens is 5.